The number of ether oxygens (including phenoxy) is 1. The zero-order chi connectivity index (χ0) is 22.1. The Kier molecular flexibility index (Phi) is 7.81. The van der Waals surface area contributed by atoms with Gasteiger partial charge in [0.2, 0.25) is 5.91 Å². The summed E-state index contributed by atoms with van der Waals surface area (Å²) in [4.78, 5) is 14.7. The number of amides is 1. The fourth-order valence-corrected chi connectivity index (χ4v) is 3.65. The maximum atomic E-state index is 13.9. The summed E-state index contributed by atoms with van der Waals surface area (Å²) in [5.74, 6) is 2.18. The lowest BCUT2D eigenvalue weighted by Gasteiger charge is -2.36. The first-order valence-electron chi connectivity index (χ1n) is 10.6. The van der Waals surface area contributed by atoms with Gasteiger partial charge < -0.3 is 9.64 Å². The van der Waals surface area contributed by atoms with Gasteiger partial charge in [-0.05, 0) is 30.2 Å². The van der Waals surface area contributed by atoms with Gasteiger partial charge in [-0.1, -0.05) is 80.0 Å². The van der Waals surface area contributed by atoms with E-state index in [1.165, 1.54) is 17.7 Å². The first-order chi connectivity index (χ1) is 15.1. The van der Waals surface area contributed by atoms with Crippen LogP contribution in [0.25, 0.3) is 0 Å². The molecule has 160 valence electrons. The van der Waals surface area contributed by atoms with E-state index >= 15 is 0 Å². The molecule has 2 aromatic rings. The zero-order valence-corrected chi connectivity index (χ0v) is 17.8. The zero-order valence-electron chi connectivity index (χ0n) is 17.8. The summed E-state index contributed by atoms with van der Waals surface area (Å²) in [7, 11) is 0. The molecule has 0 saturated heterocycles. The van der Waals surface area contributed by atoms with Crippen molar-refractivity contribution in [3.05, 3.63) is 90.3 Å². The van der Waals surface area contributed by atoms with Gasteiger partial charge in [0.15, 0.2) is 0 Å². The van der Waals surface area contributed by atoms with Crippen LogP contribution in [0.3, 0.4) is 0 Å². The van der Waals surface area contributed by atoms with E-state index in [-0.39, 0.29) is 30.8 Å². The van der Waals surface area contributed by atoms with Crippen LogP contribution in [0.4, 0.5) is 10.1 Å². The van der Waals surface area contributed by atoms with E-state index in [0.29, 0.717) is 12.1 Å². The highest BCUT2D eigenvalue weighted by Crippen LogP contribution is 2.31. The minimum Gasteiger partial charge on any atom is -0.352 e. The normalized spacial score (nSPS) is 19.7. The van der Waals surface area contributed by atoms with E-state index in [0.717, 1.165) is 12.8 Å². The number of nitrogens with zero attached hydrogens (tertiary/aromatic N) is 1. The largest absolute Gasteiger partial charge is 0.352 e. The lowest BCUT2D eigenvalue weighted by atomic mass is 9.87. The highest BCUT2D eigenvalue weighted by atomic mass is 19.1. The number of hydrogen-bond acceptors (Lipinski definition) is 2. The van der Waals surface area contributed by atoms with Crippen LogP contribution in [0.15, 0.2) is 78.9 Å². The van der Waals surface area contributed by atoms with Crippen LogP contribution in [-0.4, -0.2) is 24.7 Å². The molecule has 0 fully saturated rings. The summed E-state index contributed by atoms with van der Waals surface area (Å²) in [6, 6.07) is 16.2. The molecule has 31 heavy (non-hydrogen) atoms. The lowest BCUT2D eigenvalue weighted by molar-refractivity contribution is -0.119. The van der Waals surface area contributed by atoms with Crippen LogP contribution in [0.1, 0.15) is 37.7 Å². The van der Waals surface area contributed by atoms with Crippen LogP contribution in [0, 0.1) is 18.2 Å². The minimum atomic E-state index is -0.883. The number of allylic oxidation sites excluding steroid dienone is 2. The van der Waals surface area contributed by atoms with Crippen LogP contribution < -0.4 is 4.90 Å². The maximum absolute atomic E-state index is 13.9. The summed E-state index contributed by atoms with van der Waals surface area (Å²) in [6.45, 7) is 2.35. The topological polar surface area (TPSA) is 29.5 Å². The van der Waals surface area contributed by atoms with Crippen LogP contribution in [0.5, 0.6) is 0 Å². The number of carbonyl (C=O) groups is 1. The Morgan fingerprint density at radius 2 is 1.90 bits per heavy atom. The van der Waals surface area contributed by atoms with Gasteiger partial charge in [0, 0.05) is 18.0 Å². The molecule has 1 aliphatic rings. The first kappa shape index (κ1) is 22.5. The van der Waals surface area contributed by atoms with E-state index < -0.39 is 5.60 Å². The molecule has 0 spiro atoms. The summed E-state index contributed by atoms with van der Waals surface area (Å²) in [6.07, 6.45) is 15.6. The molecule has 1 amide bonds. The number of terminal acetylenes is 1. The molecule has 0 unspecified atom stereocenters. The van der Waals surface area contributed by atoms with Gasteiger partial charge in [-0.3, -0.25) is 4.79 Å². The van der Waals surface area contributed by atoms with Gasteiger partial charge in [-0.15, -0.1) is 6.42 Å². The predicted octanol–water partition coefficient (Wildman–Crippen LogP) is 5.65. The highest BCUT2D eigenvalue weighted by molar-refractivity contribution is 5.93. The highest BCUT2D eigenvalue weighted by Gasteiger charge is 2.33. The molecule has 0 atom stereocenters. The Bertz CT molecular complexity index is 960. The summed E-state index contributed by atoms with van der Waals surface area (Å²) >= 11 is 0. The van der Waals surface area contributed by atoms with Crippen molar-refractivity contribution in [2.75, 3.05) is 18.1 Å². The molecule has 0 bridgehead atoms. The molecule has 3 nitrogen and oxygen atoms in total. The summed E-state index contributed by atoms with van der Waals surface area (Å²) < 4.78 is 20.0. The number of benzene rings is 2. The molecular formula is C27H28FNO2. The van der Waals surface area contributed by atoms with Crippen LogP contribution in [-0.2, 0) is 9.53 Å². The molecule has 1 aliphatic carbocycles. The summed E-state index contributed by atoms with van der Waals surface area (Å²) in [5.41, 5.74) is 0.796. The first-order valence-corrected chi connectivity index (χ1v) is 10.6. The maximum Gasteiger partial charge on any atom is 0.227 e. The fourth-order valence-electron chi connectivity index (χ4n) is 3.65. The van der Waals surface area contributed by atoms with Crippen molar-refractivity contribution in [3.63, 3.8) is 0 Å². The SMILES string of the molecule is C#CCOC1(CN(C(=O)CCCC)c2cccc(F)c2)C=CC(c2ccccc2)C=C1. The van der Waals surface area contributed by atoms with Gasteiger partial charge in [0.1, 0.15) is 18.0 Å². The van der Waals surface area contributed by atoms with E-state index in [4.69, 9.17) is 11.2 Å². The van der Waals surface area contributed by atoms with Gasteiger partial charge in [-0.2, -0.15) is 0 Å². The number of carbonyl (C=O) groups excluding carboxylic acids is 1. The van der Waals surface area contributed by atoms with E-state index in [9.17, 15) is 9.18 Å². The van der Waals surface area contributed by atoms with Gasteiger partial charge in [0.05, 0.1) is 6.54 Å². The smallest absolute Gasteiger partial charge is 0.227 e. The number of rotatable bonds is 9. The molecule has 0 heterocycles. The lowest BCUT2D eigenvalue weighted by Crippen LogP contribution is -2.46. The molecule has 0 radical (unpaired) electrons. The van der Waals surface area contributed by atoms with Gasteiger partial charge >= 0.3 is 0 Å². The second kappa shape index (κ2) is 10.7. The number of halogens is 1. The molecule has 4 heteroatoms. The Morgan fingerprint density at radius 1 is 1.16 bits per heavy atom. The molecule has 0 saturated carbocycles. The van der Waals surface area contributed by atoms with Crippen LogP contribution >= 0.6 is 0 Å². The van der Waals surface area contributed by atoms with Crippen molar-refractivity contribution in [3.8, 4) is 12.3 Å². The second-order valence-electron chi connectivity index (χ2n) is 7.67. The molecule has 0 aliphatic heterocycles. The fraction of sp³-hybridized carbons (Fsp3) is 0.296. The average Bonchev–Trinajstić information content (AvgIpc) is 2.81. The monoisotopic (exact) mass is 417 g/mol. The van der Waals surface area contributed by atoms with Crippen molar-refractivity contribution >= 4 is 11.6 Å². The second-order valence-corrected chi connectivity index (χ2v) is 7.67. The standard InChI is InChI=1S/C27H28FNO2/c1-3-5-14-26(30)29(25-13-9-12-24(28)20-25)21-27(31-19-4-2)17-15-23(16-18-27)22-10-7-6-8-11-22/h2,6-13,15-18,20,23H,3,5,14,19,21H2,1H3. The number of hydrogen-bond donors (Lipinski definition) is 0. The molecule has 0 aromatic heterocycles. The van der Waals surface area contributed by atoms with Crippen molar-refractivity contribution in [1.82, 2.24) is 0 Å². The van der Waals surface area contributed by atoms with Crippen LogP contribution in [0.2, 0.25) is 0 Å². The predicted molar refractivity (Wildman–Crippen MR) is 123 cm³/mol. The van der Waals surface area contributed by atoms with E-state index in [1.54, 1.807) is 17.0 Å². The number of anilines is 1. The molecule has 0 N–H and O–H groups in total. The Morgan fingerprint density at radius 3 is 2.55 bits per heavy atom. The Hall–Kier alpha value is -3.16. The third kappa shape index (κ3) is 5.93. The van der Waals surface area contributed by atoms with Gasteiger partial charge in [-0.25, -0.2) is 4.39 Å². The van der Waals surface area contributed by atoms with Crippen molar-refractivity contribution < 1.29 is 13.9 Å². The third-order valence-corrected chi connectivity index (χ3v) is 5.35. The molecule has 3 rings (SSSR count). The van der Waals surface area contributed by atoms with E-state index in [1.807, 2.05) is 37.3 Å². The third-order valence-electron chi connectivity index (χ3n) is 5.35. The molecule has 2 aromatic carbocycles. The number of unbranched alkanes of at least 4 members (excludes halogenated alkanes) is 1. The Labute approximate surface area is 184 Å². The van der Waals surface area contributed by atoms with Gasteiger partial charge in [0.25, 0.3) is 0 Å². The van der Waals surface area contributed by atoms with Crippen molar-refractivity contribution in [2.45, 2.75) is 37.7 Å². The summed E-state index contributed by atoms with van der Waals surface area (Å²) in [5, 5.41) is 0. The van der Waals surface area contributed by atoms with E-state index in [2.05, 4.69) is 30.2 Å². The minimum absolute atomic E-state index is 0.0666. The quantitative estimate of drug-likeness (QED) is 0.390. The average molecular weight is 418 g/mol. The Balaban J connectivity index is 1.90. The van der Waals surface area contributed by atoms with Crippen molar-refractivity contribution in [2.24, 2.45) is 0 Å². The molecular weight excluding hydrogens is 389 g/mol. The van der Waals surface area contributed by atoms with Crippen molar-refractivity contribution in [1.29, 1.82) is 0 Å².